The highest BCUT2D eigenvalue weighted by Crippen LogP contribution is 1.99. The van der Waals surface area contributed by atoms with Crippen molar-refractivity contribution in [1.82, 2.24) is 4.90 Å². The van der Waals surface area contributed by atoms with E-state index in [0.717, 1.165) is 19.4 Å². The molecule has 1 atom stereocenters. The maximum atomic E-state index is 8.63. The Kier molecular flexibility index (Phi) is 4.96. The average Bonchev–Trinajstić information content (AvgIpc) is 1.91. The predicted molar refractivity (Wildman–Crippen MR) is 42.6 cm³/mol. The molecular weight excluding hydrogens is 124 g/mol. The second-order valence-corrected chi connectivity index (χ2v) is 2.53. The molecule has 2 nitrogen and oxygen atoms in total. The second-order valence-electron chi connectivity index (χ2n) is 2.53. The summed E-state index contributed by atoms with van der Waals surface area (Å²) in [5.41, 5.74) is 0. The molecule has 0 aromatic rings. The molecule has 0 aliphatic heterocycles. The summed E-state index contributed by atoms with van der Waals surface area (Å²) >= 11 is 0. The molecule has 0 rings (SSSR count). The average molecular weight is 140 g/mol. The van der Waals surface area contributed by atoms with Gasteiger partial charge in [0.25, 0.3) is 0 Å². The highest BCUT2D eigenvalue weighted by molar-refractivity contribution is 4.88. The topological polar surface area (TPSA) is 27.0 Å². The van der Waals surface area contributed by atoms with Crippen LogP contribution in [0, 0.1) is 11.3 Å². The minimum absolute atomic E-state index is 0.111. The van der Waals surface area contributed by atoms with Gasteiger partial charge < -0.3 is 0 Å². The number of hydrogen-bond donors (Lipinski definition) is 0. The van der Waals surface area contributed by atoms with Crippen molar-refractivity contribution in [3.63, 3.8) is 0 Å². The third kappa shape index (κ3) is 2.84. The summed E-state index contributed by atoms with van der Waals surface area (Å²) in [6.45, 7) is 5.19. The largest absolute Gasteiger partial charge is 0.291 e. The van der Waals surface area contributed by atoms with Gasteiger partial charge in [0.05, 0.1) is 12.1 Å². The van der Waals surface area contributed by atoms with Gasteiger partial charge in [-0.05, 0) is 26.4 Å². The Balaban J connectivity index is 3.67. The zero-order valence-electron chi connectivity index (χ0n) is 7.09. The molecule has 2 heteroatoms. The standard InChI is InChI=1S/C8H16N2/c1-4-6-10(3)8(5-2)7-9/h8H,4-6H2,1-3H3. The van der Waals surface area contributed by atoms with Crippen molar-refractivity contribution < 1.29 is 0 Å². The Bertz CT molecular complexity index is 115. The molecule has 0 heterocycles. The van der Waals surface area contributed by atoms with Gasteiger partial charge in [0, 0.05) is 0 Å². The summed E-state index contributed by atoms with van der Waals surface area (Å²) in [7, 11) is 2.00. The van der Waals surface area contributed by atoms with E-state index in [2.05, 4.69) is 17.9 Å². The van der Waals surface area contributed by atoms with E-state index in [1.54, 1.807) is 0 Å². The van der Waals surface area contributed by atoms with Crippen molar-refractivity contribution in [2.45, 2.75) is 32.7 Å². The highest BCUT2D eigenvalue weighted by Gasteiger charge is 2.08. The SMILES string of the molecule is CCCN(C)C(C#N)CC. The van der Waals surface area contributed by atoms with Crippen LogP contribution in [-0.2, 0) is 0 Å². The first-order valence-corrected chi connectivity index (χ1v) is 3.86. The normalized spacial score (nSPS) is 13.1. The molecule has 10 heavy (non-hydrogen) atoms. The van der Waals surface area contributed by atoms with Crippen LogP contribution >= 0.6 is 0 Å². The summed E-state index contributed by atoms with van der Waals surface area (Å²) in [6.07, 6.45) is 2.04. The van der Waals surface area contributed by atoms with Gasteiger partial charge in [-0.25, -0.2) is 0 Å². The van der Waals surface area contributed by atoms with Gasteiger partial charge >= 0.3 is 0 Å². The van der Waals surface area contributed by atoms with Crippen molar-refractivity contribution in [3.05, 3.63) is 0 Å². The molecule has 0 saturated heterocycles. The van der Waals surface area contributed by atoms with Gasteiger partial charge in [0.15, 0.2) is 0 Å². The number of rotatable bonds is 4. The predicted octanol–water partition coefficient (Wildman–Crippen LogP) is 1.63. The van der Waals surface area contributed by atoms with Gasteiger partial charge in [0.1, 0.15) is 0 Å². The van der Waals surface area contributed by atoms with E-state index in [-0.39, 0.29) is 6.04 Å². The Morgan fingerprint density at radius 2 is 2.10 bits per heavy atom. The van der Waals surface area contributed by atoms with Crippen LogP contribution in [0.4, 0.5) is 0 Å². The first kappa shape index (κ1) is 9.45. The Morgan fingerprint density at radius 1 is 1.50 bits per heavy atom. The number of nitriles is 1. The minimum Gasteiger partial charge on any atom is -0.291 e. The van der Waals surface area contributed by atoms with Crippen molar-refractivity contribution >= 4 is 0 Å². The Labute approximate surface area is 63.4 Å². The molecule has 0 saturated carbocycles. The smallest absolute Gasteiger partial charge is 0.0972 e. The summed E-state index contributed by atoms with van der Waals surface area (Å²) in [6, 6.07) is 2.37. The van der Waals surface area contributed by atoms with Crippen LogP contribution in [0.25, 0.3) is 0 Å². The molecule has 0 amide bonds. The summed E-state index contributed by atoms with van der Waals surface area (Å²) < 4.78 is 0. The van der Waals surface area contributed by atoms with Crippen LogP contribution in [-0.4, -0.2) is 24.5 Å². The molecular formula is C8H16N2. The van der Waals surface area contributed by atoms with E-state index in [1.807, 2.05) is 14.0 Å². The summed E-state index contributed by atoms with van der Waals surface area (Å²) in [5.74, 6) is 0. The van der Waals surface area contributed by atoms with Crippen LogP contribution < -0.4 is 0 Å². The molecule has 0 aromatic carbocycles. The van der Waals surface area contributed by atoms with Crippen LogP contribution in [0.15, 0.2) is 0 Å². The van der Waals surface area contributed by atoms with E-state index in [9.17, 15) is 0 Å². The molecule has 1 unspecified atom stereocenters. The van der Waals surface area contributed by atoms with Crippen LogP contribution in [0.5, 0.6) is 0 Å². The van der Waals surface area contributed by atoms with Crippen molar-refractivity contribution in [2.75, 3.05) is 13.6 Å². The van der Waals surface area contributed by atoms with E-state index in [1.165, 1.54) is 0 Å². The summed E-state index contributed by atoms with van der Waals surface area (Å²) in [4.78, 5) is 2.10. The van der Waals surface area contributed by atoms with Crippen LogP contribution in [0.3, 0.4) is 0 Å². The molecule has 0 aliphatic carbocycles. The van der Waals surface area contributed by atoms with E-state index >= 15 is 0 Å². The van der Waals surface area contributed by atoms with Crippen molar-refractivity contribution in [1.29, 1.82) is 5.26 Å². The molecule has 0 bridgehead atoms. The Hall–Kier alpha value is -0.550. The maximum Gasteiger partial charge on any atom is 0.0972 e. The zero-order chi connectivity index (χ0) is 7.98. The molecule has 0 aromatic heterocycles. The zero-order valence-corrected chi connectivity index (χ0v) is 7.09. The second kappa shape index (κ2) is 5.25. The molecule has 0 N–H and O–H groups in total. The lowest BCUT2D eigenvalue weighted by Crippen LogP contribution is -2.30. The highest BCUT2D eigenvalue weighted by atomic mass is 15.1. The first-order chi connectivity index (χ1) is 4.76. The van der Waals surface area contributed by atoms with Gasteiger partial charge in [-0.15, -0.1) is 0 Å². The van der Waals surface area contributed by atoms with Gasteiger partial charge in [-0.1, -0.05) is 13.8 Å². The van der Waals surface area contributed by atoms with Gasteiger partial charge in [0.2, 0.25) is 0 Å². The van der Waals surface area contributed by atoms with E-state index in [0.29, 0.717) is 0 Å². The first-order valence-electron chi connectivity index (χ1n) is 3.86. The lowest BCUT2D eigenvalue weighted by molar-refractivity contribution is 0.282. The lowest BCUT2D eigenvalue weighted by atomic mass is 10.2. The summed E-state index contributed by atoms with van der Waals surface area (Å²) in [5, 5.41) is 8.63. The Morgan fingerprint density at radius 3 is 2.40 bits per heavy atom. The van der Waals surface area contributed by atoms with Crippen LogP contribution in [0.2, 0.25) is 0 Å². The van der Waals surface area contributed by atoms with Crippen molar-refractivity contribution in [2.24, 2.45) is 0 Å². The number of nitrogens with zero attached hydrogens (tertiary/aromatic N) is 2. The van der Waals surface area contributed by atoms with Gasteiger partial charge in [-0.3, -0.25) is 4.90 Å². The fourth-order valence-corrected chi connectivity index (χ4v) is 1.01. The molecule has 0 spiro atoms. The molecule has 58 valence electrons. The third-order valence-electron chi connectivity index (χ3n) is 1.64. The maximum absolute atomic E-state index is 8.63. The fraction of sp³-hybridized carbons (Fsp3) is 0.875. The van der Waals surface area contributed by atoms with Crippen molar-refractivity contribution in [3.8, 4) is 6.07 Å². The fourth-order valence-electron chi connectivity index (χ4n) is 1.01. The van der Waals surface area contributed by atoms with Gasteiger partial charge in [-0.2, -0.15) is 5.26 Å². The molecule has 0 radical (unpaired) electrons. The molecule has 0 fully saturated rings. The monoisotopic (exact) mass is 140 g/mol. The molecule has 0 aliphatic rings. The lowest BCUT2D eigenvalue weighted by Gasteiger charge is -2.19. The van der Waals surface area contributed by atoms with Crippen LogP contribution in [0.1, 0.15) is 26.7 Å². The third-order valence-corrected chi connectivity index (χ3v) is 1.64. The minimum atomic E-state index is 0.111. The number of hydrogen-bond acceptors (Lipinski definition) is 2. The van der Waals surface area contributed by atoms with E-state index in [4.69, 9.17) is 5.26 Å². The van der Waals surface area contributed by atoms with E-state index < -0.39 is 0 Å². The quantitative estimate of drug-likeness (QED) is 0.593.